The fourth-order valence-corrected chi connectivity index (χ4v) is 2.84. The Morgan fingerprint density at radius 1 is 1.15 bits per heavy atom. The molecule has 3 rings (SSSR count). The number of aryl methyl sites for hydroxylation is 1. The second-order valence-corrected chi connectivity index (χ2v) is 6.18. The lowest BCUT2D eigenvalue weighted by atomic mass is 10.0. The van der Waals surface area contributed by atoms with Crippen molar-refractivity contribution in [3.8, 4) is 17.0 Å². The summed E-state index contributed by atoms with van der Waals surface area (Å²) in [6.45, 7) is 4.07. The third-order valence-corrected chi connectivity index (χ3v) is 4.50. The van der Waals surface area contributed by atoms with Crippen LogP contribution in [0.25, 0.3) is 11.3 Å². The minimum Gasteiger partial charge on any atom is -0.497 e. The lowest BCUT2D eigenvalue weighted by Gasteiger charge is -2.15. The van der Waals surface area contributed by atoms with Crippen LogP contribution in [0.2, 0.25) is 0 Å². The van der Waals surface area contributed by atoms with Gasteiger partial charge in [0, 0.05) is 5.56 Å². The molecule has 5 heteroatoms. The Bertz CT molecular complexity index is 867. The molecule has 0 saturated carbocycles. The number of nitrogens with one attached hydrogen (secondary N) is 2. The summed E-state index contributed by atoms with van der Waals surface area (Å²) >= 11 is 0. The van der Waals surface area contributed by atoms with Gasteiger partial charge in [0.15, 0.2) is 0 Å². The zero-order valence-corrected chi connectivity index (χ0v) is 15.2. The maximum Gasteiger partial charge on any atom is 0.255 e. The number of hydrogen-bond acceptors (Lipinski definition) is 3. The van der Waals surface area contributed by atoms with Crippen LogP contribution >= 0.6 is 0 Å². The van der Waals surface area contributed by atoms with Crippen molar-refractivity contribution < 1.29 is 9.53 Å². The molecule has 0 bridgehead atoms. The van der Waals surface area contributed by atoms with Crippen molar-refractivity contribution >= 4 is 5.91 Å². The van der Waals surface area contributed by atoms with Crippen molar-refractivity contribution in [1.29, 1.82) is 0 Å². The van der Waals surface area contributed by atoms with Gasteiger partial charge in [-0.3, -0.25) is 9.89 Å². The average molecular weight is 349 g/mol. The number of carbonyl (C=O) groups excluding carboxylic acids is 1. The third kappa shape index (κ3) is 3.77. The number of nitrogens with zero attached hydrogens (tertiary/aromatic N) is 1. The molecule has 0 aliphatic rings. The Hall–Kier alpha value is -3.08. The van der Waals surface area contributed by atoms with Crippen LogP contribution in [-0.4, -0.2) is 23.2 Å². The molecule has 3 aromatic rings. The molecule has 2 aromatic carbocycles. The summed E-state index contributed by atoms with van der Waals surface area (Å²) < 4.78 is 5.17. The predicted molar refractivity (Wildman–Crippen MR) is 102 cm³/mol. The van der Waals surface area contributed by atoms with Gasteiger partial charge in [0.05, 0.1) is 30.6 Å². The first-order valence-corrected chi connectivity index (χ1v) is 8.70. The summed E-state index contributed by atoms with van der Waals surface area (Å²) in [6.07, 6.45) is 2.55. The van der Waals surface area contributed by atoms with Crippen LogP contribution in [0.4, 0.5) is 0 Å². The highest BCUT2D eigenvalue weighted by Gasteiger charge is 2.17. The van der Waals surface area contributed by atoms with Crippen molar-refractivity contribution in [3.05, 3.63) is 71.4 Å². The molecule has 0 fully saturated rings. The lowest BCUT2D eigenvalue weighted by molar-refractivity contribution is 0.0940. The quantitative estimate of drug-likeness (QED) is 0.703. The molecule has 0 spiro atoms. The van der Waals surface area contributed by atoms with E-state index < -0.39 is 0 Å². The van der Waals surface area contributed by atoms with Crippen molar-refractivity contribution in [2.75, 3.05) is 7.11 Å². The largest absolute Gasteiger partial charge is 0.497 e. The van der Waals surface area contributed by atoms with E-state index in [1.54, 1.807) is 13.3 Å². The number of hydrogen-bond donors (Lipinski definition) is 2. The fourth-order valence-electron chi connectivity index (χ4n) is 2.84. The van der Waals surface area contributed by atoms with Crippen LogP contribution in [0.3, 0.4) is 0 Å². The molecule has 1 atom stereocenters. The standard InChI is InChI=1S/C21H23N3O2/c1-4-15-5-7-17(8-6-15)20-19(13-22-24-20)21(25)23-14(2)16-9-11-18(26-3)12-10-16/h5-14H,4H2,1-3H3,(H,22,24)(H,23,25). The van der Waals surface area contributed by atoms with E-state index in [1.807, 2.05) is 43.3 Å². The number of aromatic amines is 1. The van der Waals surface area contributed by atoms with Crippen LogP contribution in [0.5, 0.6) is 5.75 Å². The van der Waals surface area contributed by atoms with Gasteiger partial charge in [0.1, 0.15) is 5.75 Å². The van der Waals surface area contributed by atoms with Crippen LogP contribution in [-0.2, 0) is 6.42 Å². The molecule has 0 aliphatic heterocycles. The van der Waals surface area contributed by atoms with E-state index in [9.17, 15) is 4.79 Å². The lowest BCUT2D eigenvalue weighted by Crippen LogP contribution is -2.26. The molecule has 0 aliphatic carbocycles. The summed E-state index contributed by atoms with van der Waals surface area (Å²) in [5.74, 6) is 0.636. The Morgan fingerprint density at radius 2 is 1.85 bits per heavy atom. The van der Waals surface area contributed by atoms with Crippen LogP contribution in [0, 0.1) is 0 Å². The molecule has 0 saturated heterocycles. The Balaban J connectivity index is 1.76. The smallest absolute Gasteiger partial charge is 0.255 e. The molecule has 26 heavy (non-hydrogen) atoms. The summed E-state index contributed by atoms with van der Waals surface area (Å²) in [5, 5.41) is 10.0. The van der Waals surface area contributed by atoms with Gasteiger partial charge in [0.25, 0.3) is 5.91 Å². The van der Waals surface area contributed by atoms with Gasteiger partial charge in [0.2, 0.25) is 0 Å². The van der Waals surface area contributed by atoms with Gasteiger partial charge < -0.3 is 10.1 Å². The maximum atomic E-state index is 12.7. The highest BCUT2D eigenvalue weighted by molar-refractivity contribution is 5.99. The average Bonchev–Trinajstić information content (AvgIpc) is 3.18. The predicted octanol–water partition coefficient (Wildman–Crippen LogP) is 4.14. The fraction of sp³-hybridized carbons (Fsp3) is 0.238. The number of carbonyl (C=O) groups is 1. The SMILES string of the molecule is CCc1ccc(-c2[nH]ncc2C(=O)NC(C)c2ccc(OC)cc2)cc1. The number of methoxy groups -OCH3 is 1. The van der Waals surface area contributed by atoms with E-state index >= 15 is 0 Å². The minimum absolute atomic E-state index is 0.126. The summed E-state index contributed by atoms with van der Waals surface area (Å²) in [5.41, 5.74) is 4.48. The number of ether oxygens (including phenoxy) is 1. The summed E-state index contributed by atoms with van der Waals surface area (Å²) in [6, 6.07) is 15.7. The van der Waals surface area contributed by atoms with Crippen LogP contribution < -0.4 is 10.1 Å². The van der Waals surface area contributed by atoms with Crippen molar-refractivity contribution in [2.45, 2.75) is 26.3 Å². The van der Waals surface area contributed by atoms with E-state index in [0.717, 1.165) is 29.0 Å². The molecular weight excluding hydrogens is 326 g/mol. The summed E-state index contributed by atoms with van der Waals surface area (Å²) in [4.78, 5) is 12.7. The molecule has 0 radical (unpaired) electrons. The molecule has 1 heterocycles. The molecular formula is C21H23N3O2. The first kappa shape index (κ1) is 17.7. The van der Waals surface area contributed by atoms with Crippen molar-refractivity contribution in [2.24, 2.45) is 0 Å². The second kappa shape index (κ2) is 7.87. The Kier molecular flexibility index (Phi) is 5.37. The van der Waals surface area contributed by atoms with Crippen molar-refractivity contribution in [3.63, 3.8) is 0 Å². The van der Waals surface area contributed by atoms with E-state index in [-0.39, 0.29) is 11.9 Å². The minimum atomic E-state index is -0.156. The Labute approximate surface area is 153 Å². The van der Waals surface area contributed by atoms with E-state index in [1.165, 1.54) is 5.56 Å². The number of amides is 1. The zero-order chi connectivity index (χ0) is 18.5. The molecule has 2 N–H and O–H groups in total. The normalized spacial score (nSPS) is 11.8. The molecule has 5 nitrogen and oxygen atoms in total. The highest BCUT2D eigenvalue weighted by atomic mass is 16.5. The number of aromatic nitrogens is 2. The first-order chi connectivity index (χ1) is 12.6. The second-order valence-electron chi connectivity index (χ2n) is 6.18. The molecule has 1 amide bonds. The van der Waals surface area contributed by atoms with Gasteiger partial charge in [-0.2, -0.15) is 5.10 Å². The number of benzene rings is 2. The topological polar surface area (TPSA) is 67.0 Å². The van der Waals surface area contributed by atoms with E-state index in [4.69, 9.17) is 4.74 Å². The maximum absolute atomic E-state index is 12.7. The van der Waals surface area contributed by atoms with Crippen molar-refractivity contribution in [1.82, 2.24) is 15.5 Å². The molecule has 1 unspecified atom stereocenters. The first-order valence-electron chi connectivity index (χ1n) is 8.70. The van der Waals surface area contributed by atoms with Crippen LogP contribution in [0.15, 0.2) is 54.7 Å². The van der Waals surface area contributed by atoms with Gasteiger partial charge in [-0.15, -0.1) is 0 Å². The third-order valence-electron chi connectivity index (χ3n) is 4.50. The molecule has 134 valence electrons. The number of rotatable bonds is 6. The summed E-state index contributed by atoms with van der Waals surface area (Å²) in [7, 11) is 1.63. The van der Waals surface area contributed by atoms with E-state index in [0.29, 0.717) is 5.56 Å². The highest BCUT2D eigenvalue weighted by Crippen LogP contribution is 2.23. The monoisotopic (exact) mass is 349 g/mol. The van der Waals surface area contributed by atoms with E-state index in [2.05, 4.69) is 34.6 Å². The number of H-pyrrole nitrogens is 1. The zero-order valence-electron chi connectivity index (χ0n) is 15.2. The van der Waals surface area contributed by atoms with Gasteiger partial charge >= 0.3 is 0 Å². The van der Waals surface area contributed by atoms with Crippen LogP contribution in [0.1, 0.15) is 41.4 Å². The Morgan fingerprint density at radius 3 is 2.46 bits per heavy atom. The van der Waals surface area contributed by atoms with Gasteiger partial charge in [-0.1, -0.05) is 43.3 Å². The van der Waals surface area contributed by atoms with Gasteiger partial charge in [-0.05, 0) is 36.6 Å². The molecule has 1 aromatic heterocycles. The van der Waals surface area contributed by atoms with Gasteiger partial charge in [-0.25, -0.2) is 0 Å².